The second kappa shape index (κ2) is 10.7. The van der Waals surface area contributed by atoms with Gasteiger partial charge in [0, 0.05) is 49.6 Å². The molecule has 0 radical (unpaired) electrons. The fraction of sp³-hybridized carbons (Fsp3) is 0. The molecule has 0 fully saturated rings. The van der Waals surface area contributed by atoms with E-state index in [4.69, 9.17) is 8.83 Å². The molecule has 3 heteroatoms. The van der Waals surface area contributed by atoms with Crippen molar-refractivity contribution >= 4 is 93.3 Å². The maximum atomic E-state index is 6.77. The molecular weight excluding hydrogens is 647 g/mol. The van der Waals surface area contributed by atoms with E-state index in [1.54, 1.807) is 0 Å². The zero-order chi connectivity index (χ0) is 34.6. The lowest BCUT2D eigenvalue weighted by atomic mass is 9.87. The van der Waals surface area contributed by atoms with Crippen molar-refractivity contribution < 1.29 is 8.83 Å². The molecule has 0 bridgehead atoms. The number of fused-ring (bicyclic) bond motifs is 4. The Balaban J connectivity index is 0.981. The Morgan fingerprint density at radius 1 is 0.321 bits per heavy atom. The van der Waals surface area contributed by atoms with Crippen LogP contribution < -0.4 is 4.90 Å². The topological polar surface area (TPSA) is 29.5 Å². The predicted octanol–water partition coefficient (Wildman–Crippen LogP) is 14.6. The van der Waals surface area contributed by atoms with Gasteiger partial charge in [0.25, 0.3) is 0 Å². The summed E-state index contributed by atoms with van der Waals surface area (Å²) in [5, 5.41) is 12.3. The van der Waals surface area contributed by atoms with Gasteiger partial charge in [-0.2, -0.15) is 0 Å². The van der Waals surface area contributed by atoms with Gasteiger partial charge >= 0.3 is 0 Å². The Bertz CT molecular complexity index is 3330. The van der Waals surface area contributed by atoms with Crippen LogP contribution in [0.3, 0.4) is 0 Å². The Morgan fingerprint density at radius 3 is 1.91 bits per heavy atom. The molecule has 12 rings (SSSR count). The van der Waals surface area contributed by atoms with Crippen LogP contribution in [0.25, 0.3) is 98.4 Å². The van der Waals surface area contributed by atoms with Gasteiger partial charge in [-0.05, 0) is 110 Å². The summed E-state index contributed by atoms with van der Waals surface area (Å²) in [6, 6.07) is 62.9. The number of hydrogen-bond acceptors (Lipinski definition) is 3. The van der Waals surface area contributed by atoms with Crippen molar-refractivity contribution in [2.75, 3.05) is 4.90 Å². The zero-order valence-electron chi connectivity index (χ0n) is 28.5. The zero-order valence-corrected chi connectivity index (χ0v) is 28.5. The molecule has 0 N–H and O–H groups in total. The molecule has 2 aromatic heterocycles. The van der Waals surface area contributed by atoms with Crippen LogP contribution in [0.1, 0.15) is 0 Å². The monoisotopic (exact) mass is 675 g/mol. The van der Waals surface area contributed by atoms with Gasteiger partial charge in [-0.15, -0.1) is 0 Å². The van der Waals surface area contributed by atoms with E-state index in [1.807, 2.05) is 12.1 Å². The first-order chi connectivity index (χ1) is 26.3. The van der Waals surface area contributed by atoms with Gasteiger partial charge < -0.3 is 13.7 Å². The van der Waals surface area contributed by atoms with Crippen LogP contribution in [0.15, 0.2) is 185 Å². The molecule has 0 aliphatic heterocycles. The van der Waals surface area contributed by atoms with E-state index >= 15 is 0 Å². The van der Waals surface area contributed by atoms with Crippen molar-refractivity contribution in [3.05, 3.63) is 176 Å². The number of benzene rings is 10. The molecule has 0 aliphatic carbocycles. The SMILES string of the molecule is c1ccc(N(c2ccc(-c3cccc(-c4cc5ccc6cccc7c8cccc9oc4c(c98)c5c67)c3)cc2)c2ccc3oc4ccccc4c3c2)cc1. The molecule has 53 heavy (non-hydrogen) atoms. The second-order valence-electron chi connectivity index (χ2n) is 14.1. The van der Waals surface area contributed by atoms with Crippen LogP contribution in [0.4, 0.5) is 17.1 Å². The van der Waals surface area contributed by atoms with Crippen LogP contribution in [-0.4, -0.2) is 0 Å². The standard InChI is InChI=1S/C50H29NO2/c1-2-12-35(13-3-1)51(37-25-26-44-42(29-37)38-14-4-5-17-43(38)52-44)36-23-21-30(22-24-36)32-10-6-11-33(27-32)41-28-34-20-19-31-9-7-15-39-40-16-8-18-45-48(40)49(50(41)53-45)47(34)46(31)39/h1-29H. The highest BCUT2D eigenvalue weighted by molar-refractivity contribution is 6.40. The maximum Gasteiger partial charge on any atom is 0.143 e. The first-order valence-electron chi connectivity index (χ1n) is 18.1. The fourth-order valence-electron chi connectivity index (χ4n) is 8.79. The lowest BCUT2D eigenvalue weighted by molar-refractivity contribution is 0.669. The Labute approximate surface area is 304 Å². The van der Waals surface area contributed by atoms with Gasteiger partial charge in [0.15, 0.2) is 0 Å². The number of rotatable bonds is 5. The number of anilines is 3. The average Bonchev–Trinajstić information content (AvgIpc) is 3.80. The molecule has 10 aromatic carbocycles. The number of nitrogens with zero attached hydrogens (tertiary/aromatic N) is 1. The molecular formula is C50H29NO2. The third-order valence-corrected chi connectivity index (χ3v) is 11.1. The van der Waals surface area contributed by atoms with Crippen molar-refractivity contribution in [2.24, 2.45) is 0 Å². The lowest BCUT2D eigenvalue weighted by Crippen LogP contribution is -2.09. The summed E-state index contributed by atoms with van der Waals surface area (Å²) in [5.74, 6) is 0. The summed E-state index contributed by atoms with van der Waals surface area (Å²) >= 11 is 0. The molecule has 0 saturated carbocycles. The summed E-state index contributed by atoms with van der Waals surface area (Å²) in [6.45, 7) is 0. The summed E-state index contributed by atoms with van der Waals surface area (Å²) in [6.07, 6.45) is 0. The Hall–Kier alpha value is -7.10. The summed E-state index contributed by atoms with van der Waals surface area (Å²) < 4.78 is 12.9. The summed E-state index contributed by atoms with van der Waals surface area (Å²) in [4.78, 5) is 2.31. The minimum Gasteiger partial charge on any atom is -0.456 e. The number of para-hydroxylation sites is 2. The van der Waals surface area contributed by atoms with Crippen LogP contribution in [-0.2, 0) is 0 Å². The van der Waals surface area contributed by atoms with Crippen LogP contribution in [0.5, 0.6) is 0 Å². The summed E-state index contributed by atoms with van der Waals surface area (Å²) in [7, 11) is 0. The highest BCUT2D eigenvalue weighted by Gasteiger charge is 2.23. The van der Waals surface area contributed by atoms with Crippen LogP contribution in [0, 0.1) is 0 Å². The largest absolute Gasteiger partial charge is 0.456 e. The molecule has 2 heterocycles. The van der Waals surface area contributed by atoms with Crippen molar-refractivity contribution in [1.82, 2.24) is 0 Å². The highest BCUT2D eigenvalue weighted by atomic mass is 16.3. The molecule has 0 unspecified atom stereocenters. The third-order valence-electron chi connectivity index (χ3n) is 11.1. The van der Waals surface area contributed by atoms with E-state index < -0.39 is 0 Å². The van der Waals surface area contributed by atoms with Crippen molar-refractivity contribution in [3.8, 4) is 22.3 Å². The average molecular weight is 676 g/mol. The van der Waals surface area contributed by atoms with E-state index in [2.05, 4.69) is 169 Å². The Morgan fingerprint density at radius 2 is 1.00 bits per heavy atom. The van der Waals surface area contributed by atoms with Crippen molar-refractivity contribution in [2.45, 2.75) is 0 Å². The first-order valence-corrected chi connectivity index (χ1v) is 18.1. The third kappa shape index (κ3) is 4.10. The molecule has 0 saturated heterocycles. The van der Waals surface area contributed by atoms with E-state index in [-0.39, 0.29) is 0 Å². The number of hydrogen-bond donors (Lipinski definition) is 0. The van der Waals surface area contributed by atoms with Gasteiger partial charge in [0.2, 0.25) is 0 Å². The molecule has 0 atom stereocenters. The summed E-state index contributed by atoms with van der Waals surface area (Å²) in [5.41, 5.74) is 11.5. The quantitative estimate of drug-likeness (QED) is 0.134. The number of furan rings is 2. The molecule has 246 valence electrons. The predicted molar refractivity (Wildman–Crippen MR) is 221 cm³/mol. The fourth-order valence-corrected chi connectivity index (χ4v) is 8.79. The molecule has 0 amide bonds. The van der Waals surface area contributed by atoms with Crippen LogP contribution in [0.2, 0.25) is 0 Å². The minimum atomic E-state index is 0.889. The van der Waals surface area contributed by atoms with Gasteiger partial charge in [-0.25, -0.2) is 0 Å². The highest BCUT2D eigenvalue weighted by Crippen LogP contribution is 2.49. The normalized spacial score (nSPS) is 12.2. The molecule has 12 aromatic rings. The minimum absolute atomic E-state index is 0.889. The lowest BCUT2D eigenvalue weighted by Gasteiger charge is -2.25. The molecule has 0 spiro atoms. The molecule has 3 nitrogen and oxygen atoms in total. The van der Waals surface area contributed by atoms with Gasteiger partial charge in [0.05, 0.1) is 0 Å². The van der Waals surface area contributed by atoms with E-state index in [9.17, 15) is 0 Å². The first kappa shape index (κ1) is 28.6. The maximum absolute atomic E-state index is 6.77. The smallest absolute Gasteiger partial charge is 0.143 e. The van der Waals surface area contributed by atoms with Crippen molar-refractivity contribution in [3.63, 3.8) is 0 Å². The Kier molecular flexibility index (Phi) is 5.77. The second-order valence-corrected chi connectivity index (χ2v) is 14.1. The molecule has 0 aliphatic rings. The van der Waals surface area contributed by atoms with Gasteiger partial charge in [-0.1, -0.05) is 109 Å². The van der Waals surface area contributed by atoms with Crippen LogP contribution >= 0.6 is 0 Å². The van der Waals surface area contributed by atoms with Crippen molar-refractivity contribution in [1.29, 1.82) is 0 Å². The van der Waals surface area contributed by atoms with E-state index in [0.717, 1.165) is 72.4 Å². The van der Waals surface area contributed by atoms with Gasteiger partial charge in [-0.3, -0.25) is 0 Å². The van der Waals surface area contributed by atoms with E-state index in [1.165, 1.54) is 43.1 Å². The van der Waals surface area contributed by atoms with Gasteiger partial charge in [0.1, 0.15) is 22.3 Å². The van der Waals surface area contributed by atoms with E-state index in [0.29, 0.717) is 0 Å².